The molecule has 0 heterocycles. The Morgan fingerprint density at radius 3 is 2.63 bits per heavy atom. The molecule has 0 amide bonds. The maximum atomic E-state index is 9.04. The standard InChI is InChI=1S/C14H23BO4/c1-12(2)5-4-8-18-9-10-19-14-7-3-6-13(11-14)15(16)17/h3,6-7,11-12,16-17H,4-5,8-10H2,1-2H3. The van der Waals surface area contributed by atoms with Gasteiger partial charge in [0.15, 0.2) is 0 Å². The minimum Gasteiger partial charge on any atom is -0.491 e. The summed E-state index contributed by atoms with van der Waals surface area (Å²) in [6.45, 7) is 6.17. The lowest BCUT2D eigenvalue weighted by atomic mass is 9.80. The number of hydrogen-bond donors (Lipinski definition) is 2. The molecule has 0 saturated carbocycles. The molecule has 0 aliphatic heterocycles. The van der Waals surface area contributed by atoms with Gasteiger partial charge in [-0.05, 0) is 36.4 Å². The Morgan fingerprint density at radius 1 is 1.16 bits per heavy atom. The molecule has 19 heavy (non-hydrogen) atoms. The molecule has 1 aromatic rings. The molecule has 106 valence electrons. The fourth-order valence-corrected chi connectivity index (χ4v) is 1.68. The van der Waals surface area contributed by atoms with Crippen molar-refractivity contribution in [3.8, 4) is 5.75 Å². The zero-order valence-corrected chi connectivity index (χ0v) is 11.7. The number of rotatable bonds is 9. The van der Waals surface area contributed by atoms with E-state index in [0.717, 1.165) is 13.0 Å². The average molecular weight is 266 g/mol. The van der Waals surface area contributed by atoms with Crippen LogP contribution < -0.4 is 10.2 Å². The molecule has 0 aliphatic rings. The van der Waals surface area contributed by atoms with Crippen LogP contribution in [0.25, 0.3) is 0 Å². The third kappa shape index (κ3) is 7.20. The third-order valence-corrected chi connectivity index (χ3v) is 2.72. The summed E-state index contributed by atoms with van der Waals surface area (Å²) >= 11 is 0. The van der Waals surface area contributed by atoms with Crippen LogP contribution in [0.3, 0.4) is 0 Å². The van der Waals surface area contributed by atoms with E-state index in [4.69, 9.17) is 19.5 Å². The van der Waals surface area contributed by atoms with E-state index in [-0.39, 0.29) is 0 Å². The monoisotopic (exact) mass is 266 g/mol. The Balaban J connectivity index is 2.14. The summed E-state index contributed by atoms with van der Waals surface area (Å²) in [6.07, 6.45) is 2.25. The van der Waals surface area contributed by atoms with Crippen molar-refractivity contribution < 1.29 is 19.5 Å². The highest BCUT2D eigenvalue weighted by atomic mass is 16.5. The van der Waals surface area contributed by atoms with Crippen LogP contribution in [-0.2, 0) is 4.74 Å². The van der Waals surface area contributed by atoms with Crippen molar-refractivity contribution in [2.24, 2.45) is 5.92 Å². The number of hydrogen-bond acceptors (Lipinski definition) is 4. The van der Waals surface area contributed by atoms with Crippen LogP contribution >= 0.6 is 0 Å². The smallest absolute Gasteiger partial charge is 0.488 e. The van der Waals surface area contributed by atoms with Crippen LogP contribution in [0.15, 0.2) is 24.3 Å². The zero-order chi connectivity index (χ0) is 14.1. The molecule has 4 nitrogen and oxygen atoms in total. The van der Waals surface area contributed by atoms with E-state index in [1.54, 1.807) is 24.3 Å². The van der Waals surface area contributed by atoms with Gasteiger partial charge < -0.3 is 19.5 Å². The molecule has 0 unspecified atom stereocenters. The minimum absolute atomic E-state index is 0.426. The van der Waals surface area contributed by atoms with Crippen molar-refractivity contribution in [1.82, 2.24) is 0 Å². The fourth-order valence-electron chi connectivity index (χ4n) is 1.68. The second kappa shape index (κ2) is 8.96. The highest BCUT2D eigenvalue weighted by molar-refractivity contribution is 6.58. The van der Waals surface area contributed by atoms with Crippen LogP contribution in [0.2, 0.25) is 0 Å². The van der Waals surface area contributed by atoms with Gasteiger partial charge in [-0.15, -0.1) is 0 Å². The Hall–Kier alpha value is -1.04. The molecule has 0 fully saturated rings. The van der Waals surface area contributed by atoms with E-state index >= 15 is 0 Å². The van der Waals surface area contributed by atoms with Gasteiger partial charge in [0.05, 0.1) is 6.61 Å². The van der Waals surface area contributed by atoms with E-state index in [9.17, 15) is 0 Å². The first-order valence-corrected chi connectivity index (χ1v) is 6.76. The van der Waals surface area contributed by atoms with Gasteiger partial charge in [0.1, 0.15) is 12.4 Å². The predicted molar refractivity (Wildman–Crippen MR) is 76.7 cm³/mol. The second-order valence-corrected chi connectivity index (χ2v) is 4.94. The van der Waals surface area contributed by atoms with E-state index in [1.807, 2.05) is 0 Å². The van der Waals surface area contributed by atoms with Gasteiger partial charge in [-0.2, -0.15) is 0 Å². The molecular formula is C14H23BO4. The summed E-state index contributed by atoms with van der Waals surface area (Å²) in [5, 5.41) is 18.1. The van der Waals surface area contributed by atoms with Crippen LogP contribution in [-0.4, -0.2) is 37.0 Å². The Kier molecular flexibility index (Phi) is 7.56. The highest BCUT2D eigenvalue weighted by Crippen LogP contribution is 2.07. The number of benzene rings is 1. The second-order valence-electron chi connectivity index (χ2n) is 4.94. The lowest BCUT2D eigenvalue weighted by Crippen LogP contribution is -2.29. The molecule has 0 aliphatic carbocycles. The Labute approximate surface area is 115 Å². The molecule has 0 radical (unpaired) electrons. The molecule has 5 heteroatoms. The summed E-state index contributed by atoms with van der Waals surface area (Å²) in [4.78, 5) is 0. The van der Waals surface area contributed by atoms with Crippen molar-refractivity contribution in [3.63, 3.8) is 0 Å². The van der Waals surface area contributed by atoms with Crippen LogP contribution in [0.5, 0.6) is 5.75 Å². The lowest BCUT2D eigenvalue weighted by molar-refractivity contribution is 0.0958. The molecular weight excluding hydrogens is 243 g/mol. The first kappa shape index (κ1) is 16.0. The van der Waals surface area contributed by atoms with Crippen molar-refractivity contribution in [2.45, 2.75) is 26.7 Å². The van der Waals surface area contributed by atoms with Gasteiger partial charge in [-0.1, -0.05) is 26.0 Å². The molecule has 1 aromatic carbocycles. The molecule has 0 spiro atoms. The van der Waals surface area contributed by atoms with E-state index < -0.39 is 7.12 Å². The van der Waals surface area contributed by atoms with Gasteiger partial charge in [0.2, 0.25) is 0 Å². The fraction of sp³-hybridized carbons (Fsp3) is 0.571. The van der Waals surface area contributed by atoms with E-state index in [0.29, 0.717) is 30.3 Å². The summed E-state index contributed by atoms with van der Waals surface area (Å²) in [5.41, 5.74) is 0.426. The first-order chi connectivity index (χ1) is 9.09. The maximum Gasteiger partial charge on any atom is 0.488 e. The van der Waals surface area contributed by atoms with Crippen molar-refractivity contribution >= 4 is 12.6 Å². The van der Waals surface area contributed by atoms with E-state index in [2.05, 4.69) is 13.8 Å². The lowest BCUT2D eigenvalue weighted by Gasteiger charge is -2.09. The first-order valence-electron chi connectivity index (χ1n) is 6.76. The SMILES string of the molecule is CC(C)CCCOCCOc1cccc(B(O)O)c1. The summed E-state index contributed by atoms with van der Waals surface area (Å²) in [7, 11) is -1.46. The zero-order valence-electron chi connectivity index (χ0n) is 11.7. The number of ether oxygens (including phenoxy) is 2. The van der Waals surface area contributed by atoms with Crippen molar-refractivity contribution in [3.05, 3.63) is 24.3 Å². The Morgan fingerprint density at radius 2 is 1.95 bits per heavy atom. The Bertz CT molecular complexity index is 355. The van der Waals surface area contributed by atoms with Gasteiger partial charge in [0, 0.05) is 6.61 Å². The van der Waals surface area contributed by atoms with Crippen molar-refractivity contribution in [2.75, 3.05) is 19.8 Å². The maximum absolute atomic E-state index is 9.04. The van der Waals surface area contributed by atoms with Crippen LogP contribution in [0, 0.1) is 5.92 Å². The normalized spacial score (nSPS) is 10.8. The predicted octanol–water partition coefficient (Wildman–Crippen LogP) is 1.20. The largest absolute Gasteiger partial charge is 0.491 e. The van der Waals surface area contributed by atoms with Gasteiger partial charge in [-0.3, -0.25) is 0 Å². The summed E-state index contributed by atoms with van der Waals surface area (Å²) in [5.74, 6) is 1.34. The molecule has 0 atom stereocenters. The highest BCUT2D eigenvalue weighted by Gasteiger charge is 2.10. The summed E-state index contributed by atoms with van der Waals surface area (Å²) < 4.78 is 10.9. The van der Waals surface area contributed by atoms with Crippen LogP contribution in [0.1, 0.15) is 26.7 Å². The van der Waals surface area contributed by atoms with E-state index in [1.165, 1.54) is 6.42 Å². The van der Waals surface area contributed by atoms with Gasteiger partial charge in [0.25, 0.3) is 0 Å². The summed E-state index contributed by atoms with van der Waals surface area (Å²) in [6, 6.07) is 6.77. The third-order valence-electron chi connectivity index (χ3n) is 2.72. The topological polar surface area (TPSA) is 58.9 Å². The molecule has 1 rings (SSSR count). The van der Waals surface area contributed by atoms with Gasteiger partial charge in [-0.25, -0.2) is 0 Å². The van der Waals surface area contributed by atoms with Crippen LogP contribution in [0.4, 0.5) is 0 Å². The molecule has 0 bridgehead atoms. The van der Waals surface area contributed by atoms with Crippen molar-refractivity contribution in [1.29, 1.82) is 0 Å². The molecule has 0 saturated heterocycles. The molecule has 2 N–H and O–H groups in total. The quantitative estimate of drug-likeness (QED) is 0.521. The van der Waals surface area contributed by atoms with Gasteiger partial charge >= 0.3 is 7.12 Å². The minimum atomic E-state index is -1.46. The molecule has 0 aromatic heterocycles. The average Bonchev–Trinajstić information content (AvgIpc) is 2.37.